The maximum Gasteiger partial charge on any atom is 0.137 e. The largest absolute Gasteiger partial charge is 0.312 e. The summed E-state index contributed by atoms with van der Waals surface area (Å²) in [5.74, 6) is 0.388. The fraction of sp³-hybridized carbons (Fsp3) is 0.357. The Labute approximate surface area is 125 Å². The molecule has 1 aromatic carbocycles. The average Bonchev–Trinajstić information content (AvgIpc) is 2.81. The van der Waals surface area contributed by atoms with Gasteiger partial charge < -0.3 is 5.32 Å². The van der Waals surface area contributed by atoms with Crippen molar-refractivity contribution >= 4 is 27.3 Å². The number of nitrogens with one attached hydrogen (secondary N) is 1. The van der Waals surface area contributed by atoms with Gasteiger partial charge in [0, 0.05) is 23.2 Å². The van der Waals surface area contributed by atoms with Crippen LogP contribution in [0.15, 0.2) is 28.9 Å². The van der Waals surface area contributed by atoms with Gasteiger partial charge >= 0.3 is 0 Å². The highest BCUT2D eigenvalue weighted by Crippen LogP contribution is 2.28. The molecule has 1 N–H and O–H groups in total. The first-order valence-corrected chi connectivity index (χ1v) is 7.78. The van der Waals surface area contributed by atoms with Crippen LogP contribution < -0.4 is 5.32 Å². The Balaban J connectivity index is 2.05. The van der Waals surface area contributed by atoms with Gasteiger partial charge in [0.1, 0.15) is 10.8 Å². The highest BCUT2D eigenvalue weighted by molar-refractivity contribution is 9.10. The Hall–Kier alpha value is -0.780. The second kappa shape index (κ2) is 6.59. The van der Waals surface area contributed by atoms with Crippen molar-refractivity contribution in [1.82, 2.24) is 10.3 Å². The van der Waals surface area contributed by atoms with Crippen LogP contribution in [-0.4, -0.2) is 11.5 Å². The van der Waals surface area contributed by atoms with E-state index in [4.69, 9.17) is 0 Å². The highest BCUT2D eigenvalue weighted by Gasteiger charge is 2.07. The second-order valence-corrected chi connectivity index (χ2v) is 6.75. The van der Waals surface area contributed by atoms with Crippen LogP contribution in [0.25, 0.3) is 10.6 Å². The van der Waals surface area contributed by atoms with Gasteiger partial charge in [0.15, 0.2) is 0 Å². The van der Waals surface area contributed by atoms with E-state index in [-0.39, 0.29) is 5.82 Å². The zero-order chi connectivity index (χ0) is 13.8. The number of nitrogens with zero attached hydrogens (tertiary/aromatic N) is 1. The second-order valence-electron chi connectivity index (χ2n) is 4.79. The molecule has 2 rings (SSSR count). The summed E-state index contributed by atoms with van der Waals surface area (Å²) in [4.78, 5) is 5.58. The van der Waals surface area contributed by atoms with Gasteiger partial charge in [-0.1, -0.05) is 13.8 Å². The van der Waals surface area contributed by atoms with E-state index >= 15 is 0 Å². The van der Waals surface area contributed by atoms with Crippen molar-refractivity contribution in [1.29, 1.82) is 0 Å². The summed E-state index contributed by atoms with van der Waals surface area (Å²) in [6.07, 6.45) is 1.88. The highest BCUT2D eigenvalue weighted by atomic mass is 79.9. The summed E-state index contributed by atoms with van der Waals surface area (Å²) in [6.45, 7) is 6.19. The molecule has 0 fully saturated rings. The molecule has 0 amide bonds. The molecule has 0 radical (unpaired) electrons. The number of thiazole rings is 1. The smallest absolute Gasteiger partial charge is 0.137 e. The minimum Gasteiger partial charge on any atom is -0.312 e. The molecule has 0 spiro atoms. The summed E-state index contributed by atoms with van der Waals surface area (Å²) in [6, 6.07) is 4.97. The van der Waals surface area contributed by atoms with Gasteiger partial charge in [0.05, 0.1) is 4.47 Å². The Morgan fingerprint density at radius 2 is 2.21 bits per heavy atom. The van der Waals surface area contributed by atoms with Crippen molar-refractivity contribution in [3.63, 3.8) is 0 Å². The first kappa shape index (κ1) is 14.6. The molecule has 2 aromatic rings. The standard InChI is InChI=1S/C14H16BrFN2S/c1-9(2)6-17-7-11-8-18-14(19-11)10-3-4-13(16)12(15)5-10/h3-5,8-9,17H,6-7H2,1-2H3. The maximum atomic E-state index is 13.2. The van der Waals surface area contributed by atoms with E-state index in [1.807, 2.05) is 6.20 Å². The third-order valence-corrected chi connectivity index (χ3v) is 4.23. The van der Waals surface area contributed by atoms with Gasteiger partial charge in [-0.05, 0) is 46.6 Å². The van der Waals surface area contributed by atoms with Gasteiger partial charge in [-0.25, -0.2) is 9.37 Å². The molecule has 2 nitrogen and oxygen atoms in total. The van der Waals surface area contributed by atoms with E-state index in [1.54, 1.807) is 23.5 Å². The van der Waals surface area contributed by atoms with Crippen molar-refractivity contribution in [2.45, 2.75) is 20.4 Å². The van der Waals surface area contributed by atoms with Crippen LogP contribution in [0.4, 0.5) is 4.39 Å². The molecule has 0 aliphatic rings. The lowest BCUT2D eigenvalue weighted by molar-refractivity contribution is 0.554. The summed E-state index contributed by atoms with van der Waals surface area (Å²) in [5.41, 5.74) is 0.938. The number of rotatable bonds is 5. The Morgan fingerprint density at radius 1 is 1.42 bits per heavy atom. The molecule has 102 valence electrons. The van der Waals surface area contributed by atoms with Gasteiger partial charge in [0.25, 0.3) is 0 Å². The molecule has 1 aromatic heterocycles. The number of hydrogen-bond donors (Lipinski definition) is 1. The van der Waals surface area contributed by atoms with E-state index < -0.39 is 0 Å². The molecule has 5 heteroatoms. The minimum atomic E-state index is -0.251. The van der Waals surface area contributed by atoms with Crippen molar-refractivity contribution in [2.75, 3.05) is 6.54 Å². The third kappa shape index (κ3) is 4.09. The Bertz CT molecular complexity index is 554. The van der Waals surface area contributed by atoms with E-state index in [2.05, 4.69) is 40.1 Å². The van der Waals surface area contributed by atoms with Crippen LogP contribution in [0.3, 0.4) is 0 Å². The lowest BCUT2D eigenvalue weighted by Gasteiger charge is -2.04. The van der Waals surface area contributed by atoms with Crippen molar-refractivity contribution < 1.29 is 4.39 Å². The fourth-order valence-electron chi connectivity index (χ4n) is 1.64. The van der Waals surface area contributed by atoms with E-state index in [0.29, 0.717) is 10.4 Å². The molecular formula is C14H16BrFN2S. The summed E-state index contributed by atoms with van der Waals surface area (Å²) in [5, 5.41) is 4.31. The molecular weight excluding hydrogens is 327 g/mol. The van der Waals surface area contributed by atoms with Gasteiger partial charge in [-0.3, -0.25) is 0 Å². The Kier molecular flexibility index (Phi) is 5.07. The van der Waals surface area contributed by atoms with Crippen molar-refractivity contribution in [3.05, 3.63) is 39.6 Å². The zero-order valence-electron chi connectivity index (χ0n) is 10.9. The van der Waals surface area contributed by atoms with Crippen molar-refractivity contribution in [2.24, 2.45) is 5.92 Å². The van der Waals surface area contributed by atoms with E-state index in [0.717, 1.165) is 23.7 Å². The van der Waals surface area contributed by atoms with E-state index in [1.165, 1.54) is 10.9 Å². The SMILES string of the molecule is CC(C)CNCc1cnc(-c2ccc(F)c(Br)c2)s1. The number of hydrogen-bond acceptors (Lipinski definition) is 3. The average molecular weight is 343 g/mol. The number of benzene rings is 1. The zero-order valence-corrected chi connectivity index (χ0v) is 13.3. The van der Waals surface area contributed by atoms with Crippen LogP contribution in [-0.2, 0) is 6.54 Å². The summed E-state index contributed by atoms with van der Waals surface area (Å²) >= 11 is 4.83. The van der Waals surface area contributed by atoms with Gasteiger partial charge in [-0.15, -0.1) is 11.3 Å². The molecule has 0 unspecified atom stereocenters. The normalized spacial score (nSPS) is 11.2. The number of halogens is 2. The first-order valence-electron chi connectivity index (χ1n) is 6.17. The fourth-order valence-corrected chi connectivity index (χ4v) is 2.89. The number of aromatic nitrogens is 1. The quantitative estimate of drug-likeness (QED) is 0.867. The third-order valence-electron chi connectivity index (χ3n) is 2.57. The molecule has 0 aliphatic heterocycles. The molecule has 0 atom stereocenters. The molecule has 0 saturated carbocycles. The summed E-state index contributed by atoms with van der Waals surface area (Å²) < 4.78 is 13.7. The van der Waals surface area contributed by atoms with Crippen LogP contribution >= 0.6 is 27.3 Å². The monoisotopic (exact) mass is 342 g/mol. The molecule has 0 bridgehead atoms. The van der Waals surface area contributed by atoms with Crippen LogP contribution in [0.1, 0.15) is 18.7 Å². The van der Waals surface area contributed by atoms with Crippen LogP contribution in [0, 0.1) is 11.7 Å². The van der Waals surface area contributed by atoms with Crippen molar-refractivity contribution in [3.8, 4) is 10.6 Å². The van der Waals surface area contributed by atoms with Crippen LogP contribution in [0.5, 0.6) is 0 Å². The Morgan fingerprint density at radius 3 is 2.89 bits per heavy atom. The van der Waals surface area contributed by atoms with Gasteiger partial charge in [0.2, 0.25) is 0 Å². The maximum absolute atomic E-state index is 13.2. The van der Waals surface area contributed by atoms with Gasteiger partial charge in [-0.2, -0.15) is 0 Å². The predicted molar refractivity (Wildman–Crippen MR) is 81.8 cm³/mol. The topological polar surface area (TPSA) is 24.9 Å². The lowest BCUT2D eigenvalue weighted by Crippen LogP contribution is -2.18. The molecule has 0 saturated heterocycles. The minimum absolute atomic E-state index is 0.251. The molecule has 19 heavy (non-hydrogen) atoms. The lowest BCUT2D eigenvalue weighted by atomic mass is 10.2. The first-order chi connectivity index (χ1) is 9.06. The van der Waals surface area contributed by atoms with E-state index in [9.17, 15) is 4.39 Å². The van der Waals surface area contributed by atoms with Crippen LogP contribution in [0.2, 0.25) is 0 Å². The predicted octanol–water partition coefficient (Wildman–Crippen LogP) is 4.46. The molecule has 0 aliphatic carbocycles. The molecule has 1 heterocycles. The summed E-state index contributed by atoms with van der Waals surface area (Å²) in [7, 11) is 0.